The van der Waals surface area contributed by atoms with Gasteiger partial charge in [-0.2, -0.15) is 0 Å². The van der Waals surface area contributed by atoms with Gasteiger partial charge in [-0.1, -0.05) is 13.8 Å². The first-order chi connectivity index (χ1) is 7.65. The van der Waals surface area contributed by atoms with Gasteiger partial charge in [0.15, 0.2) is 0 Å². The fourth-order valence-corrected chi connectivity index (χ4v) is 2.43. The van der Waals surface area contributed by atoms with E-state index in [1.807, 2.05) is 0 Å². The Morgan fingerprint density at radius 2 is 1.88 bits per heavy atom. The van der Waals surface area contributed by atoms with Gasteiger partial charge in [-0.15, -0.1) is 0 Å². The van der Waals surface area contributed by atoms with Crippen molar-refractivity contribution in [1.29, 1.82) is 0 Å². The molecule has 0 aliphatic carbocycles. The van der Waals surface area contributed by atoms with Gasteiger partial charge in [0.2, 0.25) is 0 Å². The van der Waals surface area contributed by atoms with Gasteiger partial charge in [0.05, 0.1) is 12.2 Å². The summed E-state index contributed by atoms with van der Waals surface area (Å²) in [7, 11) is 0. The van der Waals surface area contributed by atoms with Crippen molar-refractivity contribution in [2.45, 2.75) is 58.8 Å². The largest absolute Gasteiger partial charge is 0.373 e. The average molecular weight is 228 g/mol. The van der Waals surface area contributed by atoms with Crippen molar-refractivity contribution in [1.82, 2.24) is 10.2 Å². The van der Waals surface area contributed by atoms with Crippen molar-refractivity contribution in [3.63, 3.8) is 0 Å². The van der Waals surface area contributed by atoms with Gasteiger partial charge in [-0.3, -0.25) is 4.90 Å². The summed E-state index contributed by atoms with van der Waals surface area (Å²) in [5, 5.41) is 3.61. The van der Waals surface area contributed by atoms with Crippen LogP contribution in [-0.4, -0.2) is 49.3 Å². The van der Waals surface area contributed by atoms with Gasteiger partial charge in [0.1, 0.15) is 0 Å². The van der Waals surface area contributed by atoms with Crippen LogP contribution in [0.2, 0.25) is 0 Å². The maximum absolute atomic E-state index is 5.75. The number of hydrogen-bond donors (Lipinski definition) is 1. The lowest BCUT2D eigenvalue weighted by atomic mass is 10.1. The van der Waals surface area contributed by atoms with Crippen molar-refractivity contribution in [3.8, 4) is 0 Å². The molecule has 1 unspecified atom stereocenters. The average Bonchev–Trinajstić information content (AvgIpc) is 2.22. The molecule has 0 aromatic heterocycles. The highest BCUT2D eigenvalue weighted by Crippen LogP contribution is 2.11. The molecule has 16 heavy (non-hydrogen) atoms. The highest BCUT2D eigenvalue weighted by molar-refractivity contribution is 4.77. The van der Waals surface area contributed by atoms with E-state index < -0.39 is 0 Å². The quantitative estimate of drug-likeness (QED) is 0.751. The van der Waals surface area contributed by atoms with E-state index in [-0.39, 0.29) is 0 Å². The molecule has 0 aromatic rings. The Bertz CT molecular complexity index is 177. The molecule has 1 rings (SSSR count). The maximum Gasteiger partial charge on any atom is 0.0678 e. The van der Waals surface area contributed by atoms with E-state index in [2.05, 4.69) is 37.9 Å². The lowest BCUT2D eigenvalue weighted by molar-refractivity contribution is -0.0699. The Labute approximate surface area is 101 Å². The van der Waals surface area contributed by atoms with Crippen LogP contribution < -0.4 is 5.32 Å². The summed E-state index contributed by atoms with van der Waals surface area (Å²) in [6.45, 7) is 13.3. The molecule has 3 atom stereocenters. The number of rotatable bonds is 6. The number of ether oxygens (including phenoxy) is 1. The number of nitrogens with one attached hydrogen (secondary N) is 1. The van der Waals surface area contributed by atoms with Crippen LogP contribution in [0.25, 0.3) is 0 Å². The van der Waals surface area contributed by atoms with Gasteiger partial charge < -0.3 is 10.1 Å². The Hall–Kier alpha value is -0.120. The monoisotopic (exact) mass is 228 g/mol. The molecule has 0 radical (unpaired) electrons. The van der Waals surface area contributed by atoms with Crippen LogP contribution in [0.15, 0.2) is 0 Å². The Kier molecular flexibility index (Phi) is 6.32. The van der Waals surface area contributed by atoms with E-state index >= 15 is 0 Å². The standard InChI is InChI=1S/C13H28N2O/c1-5-7-14-13(6-2)10-15-8-11(3)16-12(4)9-15/h11-14H,5-10H2,1-4H3/t11-,12+,13?. The molecule has 3 nitrogen and oxygen atoms in total. The van der Waals surface area contributed by atoms with Crippen LogP contribution in [-0.2, 0) is 4.74 Å². The smallest absolute Gasteiger partial charge is 0.0678 e. The first kappa shape index (κ1) is 13.9. The first-order valence-corrected chi connectivity index (χ1v) is 6.76. The normalized spacial score (nSPS) is 29.2. The molecule has 0 amide bonds. The third kappa shape index (κ3) is 4.81. The van der Waals surface area contributed by atoms with E-state index in [0.717, 1.165) is 26.2 Å². The summed E-state index contributed by atoms with van der Waals surface area (Å²) in [4.78, 5) is 2.54. The fourth-order valence-electron chi connectivity index (χ4n) is 2.43. The SMILES string of the molecule is CCCNC(CC)CN1C[C@@H](C)O[C@@H](C)C1. The van der Waals surface area contributed by atoms with Gasteiger partial charge >= 0.3 is 0 Å². The molecule has 1 aliphatic rings. The lowest BCUT2D eigenvalue weighted by Crippen LogP contribution is -2.50. The highest BCUT2D eigenvalue weighted by atomic mass is 16.5. The topological polar surface area (TPSA) is 24.5 Å². The van der Waals surface area contributed by atoms with Crippen LogP contribution in [0.1, 0.15) is 40.5 Å². The minimum Gasteiger partial charge on any atom is -0.373 e. The molecule has 0 saturated carbocycles. The number of morpholine rings is 1. The van der Waals surface area contributed by atoms with Crippen LogP contribution in [0.3, 0.4) is 0 Å². The third-order valence-corrected chi connectivity index (χ3v) is 3.15. The van der Waals surface area contributed by atoms with Crippen LogP contribution in [0, 0.1) is 0 Å². The molecule has 96 valence electrons. The van der Waals surface area contributed by atoms with Gasteiger partial charge in [-0.05, 0) is 33.2 Å². The molecular weight excluding hydrogens is 200 g/mol. The van der Waals surface area contributed by atoms with E-state index in [1.165, 1.54) is 12.8 Å². The predicted octanol–water partition coefficient (Wildman–Crippen LogP) is 1.87. The molecular formula is C13H28N2O. The Balaban J connectivity index is 2.32. The molecule has 1 saturated heterocycles. The summed E-state index contributed by atoms with van der Waals surface area (Å²) in [6.07, 6.45) is 3.19. The molecule has 1 fully saturated rings. The molecule has 0 bridgehead atoms. The Morgan fingerprint density at radius 3 is 2.38 bits per heavy atom. The van der Waals surface area contributed by atoms with Crippen LogP contribution in [0.4, 0.5) is 0 Å². The molecule has 1 N–H and O–H groups in total. The van der Waals surface area contributed by atoms with E-state index in [1.54, 1.807) is 0 Å². The molecule has 0 spiro atoms. The van der Waals surface area contributed by atoms with Crippen molar-refractivity contribution in [3.05, 3.63) is 0 Å². The van der Waals surface area contributed by atoms with Crippen molar-refractivity contribution < 1.29 is 4.74 Å². The summed E-state index contributed by atoms with van der Waals surface area (Å²) >= 11 is 0. The second kappa shape index (κ2) is 7.25. The maximum atomic E-state index is 5.75. The van der Waals surface area contributed by atoms with Gasteiger partial charge in [0.25, 0.3) is 0 Å². The number of hydrogen-bond acceptors (Lipinski definition) is 3. The molecule has 0 aromatic carbocycles. The van der Waals surface area contributed by atoms with Crippen LogP contribution >= 0.6 is 0 Å². The summed E-state index contributed by atoms with van der Waals surface area (Å²) < 4.78 is 5.75. The second-order valence-electron chi connectivity index (χ2n) is 5.04. The van der Waals surface area contributed by atoms with E-state index in [9.17, 15) is 0 Å². The zero-order valence-corrected chi connectivity index (χ0v) is 11.3. The van der Waals surface area contributed by atoms with Crippen molar-refractivity contribution in [2.75, 3.05) is 26.2 Å². The summed E-state index contributed by atoms with van der Waals surface area (Å²) in [5.41, 5.74) is 0. The summed E-state index contributed by atoms with van der Waals surface area (Å²) in [6, 6.07) is 0.637. The van der Waals surface area contributed by atoms with Crippen molar-refractivity contribution in [2.24, 2.45) is 0 Å². The second-order valence-corrected chi connectivity index (χ2v) is 5.04. The minimum atomic E-state index is 0.382. The zero-order valence-electron chi connectivity index (χ0n) is 11.3. The van der Waals surface area contributed by atoms with Gasteiger partial charge in [-0.25, -0.2) is 0 Å². The molecule has 1 heterocycles. The first-order valence-electron chi connectivity index (χ1n) is 6.76. The molecule has 3 heteroatoms. The van der Waals surface area contributed by atoms with E-state index in [4.69, 9.17) is 4.74 Å². The predicted molar refractivity (Wildman–Crippen MR) is 68.8 cm³/mol. The third-order valence-electron chi connectivity index (χ3n) is 3.15. The fraction of sp³-hybridized carbons (Fsp3) is 1.00. The minimum absolute atomic E-state index is 0.382. The molecule has 1 aliphatic heterocycles. The van der Waals surface area contributed by atoms with E-state index in [0.29, 0.717) is 18.2 Å². The highest BCUT2D eigenvalue weighted by Gasteiger charge is 2.23. The van der Waals surface area contributed by atoms with Crippen LogP contribution in [0.5, 0.6) is 0 Å². The van der Waals surface area contributed by atoms with Crippen molar-refractivity contribution >= 4 is 0 Å². The Morgan fingerprint density at radius 1 is 1.25 bits per heavy atom. The van der Waals surface area contributed by atoms with Gasteiger partial charge in [0, 0.05) is 25.7 Å². The zero-order chi connectivity index (χ0) is 12.0. The number of nitrogens with zero attached hydrogens (tertiary/aromatic N) is 1. The summed E-state index contributed by atoms with van der Waals surface area (Å²) in [5.74, 6) is 0. The lowest BCUT2D eigenvalue weighted by Gasteiger charge is -2.37.